The summed E-state index contributed by atoms with van der Waals surface area (Å²) in [4.78, 5) is 12.7. The lowest BCUT2D eigenvalue weighted by Crippen LogP contribution is -2.15. The third-order valence-electron chi connectivity index (χ3n) is 5.20. The van der Waals surface area contributed by atoms with E-state index in [1.54, 1.807) is 0 Å². The minimum absolute atomic E-state index is 0.0701. The molecule has 0 saturated carbocycles. The van der Waals surface area contributed by atoms with Crippen molar-refractivity contribution in [2.24, 2.45) is 0 Å². The van der Waals surface area contributed by atoms with Gasteiger partial charge in [0, 0.05) is 16.9 Å². The van der Waals surface area contributed by atoms with E-state index < -0.39 is 0 Å². The molecule has 32 heavy (non-hydrogen) atoms. The van der Waals surface area contributed by atoms with Crippen LogP contribution >= 0.6 is 11.8 Å². The normalized spacial score (nSPS) is 10.9. The summed E-state index contributed by atoms with van der Waals surface area (Å²) in [6.07, 6.45) is 0. The van der Waals surface area contributed by atoms with Crippen LogP contribution in [0.2, 0.25) is 0 Å². The molecule has 0 saturated heterocycles. The molecule has 4 aromatic rings. The van der Waals surface area contributed by atoms with Gasteiger partial charge in [-0.2, -0.15) is 0 Å². The second-order valence-electron chi connectivity index (χ2n) is 8.00. The van der Waals surface area contributed by atoms with Gasteiger partial charge in [-0.15, -0.1) is 10.2 Å². The summed E-state index contributed by atoms with van der Waals surface area (Å²) in [7, 11) is 0. The number of thioether (sulfide) groups is 1. The molecule has 0 fully saturated rings. The summed E-state index contributed by atoms with van der Waals surface area (Å²) < 4.78 is 2.02. The van der Waals surface area contributed by atoms with Crippen molar-refractivity contribution in [1.29, 1.82) is 0 Å². The average molecular weight is 443 g/mol. The van der Waals surface area contributed by atoms with E-state index in [1.165, 1.54) is 17.3 Å². The molecule has 1 N–H and O–H groups in total. The molecule has 0 spiro atoms. The molecular weight excluding hydrogens is 416 g/mol. The topological polar surface area (TPSA) is 59.8 Å². The fourth-order valence-corrected chi connectivity index (χ4v) is 4.20. The Morgan fingerprint density at radius 3 is 2.34 bits per heavy atom. The van der Waals surface area contributed by atoms with Crippen molar-refractivity contribution in [1.82, 2.24) is 14.8 Å². The van der Waals surface area contributed by atoms with Crippen LogP contribution in [0.3, 0.4) is 0 Å². The van der Waals surface area contributed by atoms with E-state index in [9.17, 15) is 4.79 Å². The van der Waals surface area contributed by atoms with Gasteiger partial charge in [0.05, 0.1) is 5.75 Å². The summed E-state index contributed by atoms with van der Waals surface area (Å²) in [6, 6.07) is 22.5. The highest BCUT2D eigenvalue weighted by molar-refractivity contribution is 7.99. The lowest BCUT2D eigenvalue weighted by Gasteiger charge is -2.12. The number of rotatable bonds is 6. The van der Waals surface area contributed by atoms with E-state index in [-0.39, 0.29) is 11.7 Å². The van der Waals surface area contributed by atoms with E-state index in [4.69, 9.17) is 0 Å². The van der Waals surface area contributed by atoms with Gasteiger partial charge in [0.25, 0.3) is 0 Å². The highest BCUT2D eigenvalue weighted by Gasteiger charge is 2.17. The molecule has 162 valence electrons. The number of carbonyl (C=O) groups is 1. The standard InChI is InChI=1S/C26H26N4OS/c1-17-9-12-22(13-10-17)30-25(21-7-5-6-18(2)14-21)28-29-26(30)32-16-24(31)27-23-15-19(3)8-11-20(23)4/h5-15H,16H2,1-4H3,(H,27,31). The van der Waals surface area contributed by atoms with Crippen LogP contribution in [0.25, 0.3) is 17.1 Å². The Balaban J connectivity index is 1.61. The second-order valence-corrected chi connectivity index (χ2v) is 8.94. The SMILES string of the molecule is Cc1ccc(-n2c(SCC(=O)Nc3cc(C)ccc3C)nnc2-c2cccc(C)c2)cc1. The second kappa shape index (κ2) is 9.40. The molecule has 0 aliphatic heterocycles. The van der Waals surface area contributed by atoms with Gasteiger partial charge in [-0.3, -0.25) is 9.36 Å². The lowest BCUT2D eigenvalue weighted by atomic mass is 10.1. The third kappa shape index (κ3) is 4.92. The average Bonchev–Trinajstić information content (AvgIpc) is 3.19. The van der Waals surface area contributed by atoms with Gasteiger partial charge in [0.1, 0.15) is 0 Å². The Morgan fingerprint density at radius 2 is 1.59 bits per heavy atom. The molecule has 0 aliphatic rings. The van der Waals surface area contributed by atoms with Gasteiger partial charge in [0.2, 0.25) is 5.91 Å². The van der Waals surface area contributed by atoms with Crippen molar-refractivity contribution in [3.8, 4) is 17.1 Å². The number of amides is 1. The molecule has 5 nitrogen and oxygen atoms in total. The number of hydrogen-bond donors (Lipinski definition) is 1. The van der Waals surface area contributed by atoms with Crippen molar-refractivity contribution < 1.29 is 4.79 Å². The molecule has 1 heterocycles. The largest absolute Gasteiger partial charge is 0.325 e. The van der Waals surface area contributed by atoms with E-state index >= 15 is 0 Å². The van der Waals surface area contributed by atoms with Gasteiger partial charge < -0.3 is 5.32 Å². The first-order valence-corrected chi connectivity index (χ1v) is 11.5. The molecule has 0 atom stereocenters. The summed E-state index contributed by atoms with van der Waals surface area (Å²) >= 11 is 1.38. The Morgan fingerprint density at radius 1 is 0.875 bits per heavy atom. The maximum atomic E-state index is 12.7. The van der Waals surface area contributed by atoms with Crippen LogP contribution in [0.4, 0.5) is 5.69 Å². The Hall–Kier alpha value is -3.38. The van der Waals surface area contributed by atoms with Crippen molar-refractivity contribution in [2.75, 3.05) is 11.1 Å². The first-order valence-electron chi connectivity index (χ1n) is 10.5. The van der Waals surface area contributed by atoms with Gasteiger partial charge in [-0.25, -0.2) is 0 Å². The smallest absolute Gasteiger partial charge is 0.234 e. The number of anilines is 1. The maximum absolute atomic E-state index is 12.7. The number of hydrogen-bond acceptors (Lipinski definition) is 4. The van der Waals surface area contributed by atoms with Crippen molar-refractivity contribution in [2.45, 2.75) is 32.9 Å². The monoisotopic (exact) mass is 442 g/mol. The summed E-state index contributed by atoms with van der Waals surface area (Å²) in [5.41, 5.74) is 7.29. The van der Waals surface area contributed by atoms with Crippen LogP contribution in [0, 0.1) is 27.7 Å². The van der Waals surface area contributed by atoms with Gasteiger partial charge in [-0.05, 0) is 63.1 Å². The Kier molecular flexibility index (Phi) is 6.42. The zero-order chi connectivity index (χ0) is 22.7. The highest BCUT2D eigenvalue weighted by Crippen LogP contribution is 2.29. The fraction of sp³-hybridized carbons (Fsp3) is 0.192. The van der Waals surface area contributed by atoms with E-state index in [1.807, 2.05) is 48.7 Å². The number of carbonyl (C=O) groups excluding carboxylic acids is 1. The zero-order valence-corrected chi connectivity index (χ0v) is 19.5. The summed E-state index contributed by atoms with van der Waals surface area (Å²) in [6.45, 7) is 8.12. The zero-order valence-electron chi connectivity index (χ0n) is 18.7. The van der Waals surface area contributed by atoms with Crippen molar-refractivity contribution in [3.05, 3.63) is 89.0 Å². The van der Waals surface area contributed by atoms with Crippen LogP contribution in [0.1, 0.15) is 22.3 Å². The number of aromatic nitrogens is 3. The van der Waals surface area contributed by atoms with Crippen LogP contribution in [-0.4, -0.2) is 26.4 Å². The minimum Gasteiger partial charge on any atom is -0.325 e. The van der Waals surface area contributed by atoms with Gasteiger partial charge >= 0.3 is 0 Å². The first kappa shape index (κ1) is 21.8. The molecule has 3 aromatic carbocycles. The van der Waals surface area contributed by atoms with Crippen molar-refractivity contribution >= 4 is 23.4 Å². The molecule has 1 aromatic heterocycles. The van der Waals surface area contributed by atoms with E-state index in [2.05, 4.69) is 65.8 Å². The number of nitrogens with zero attached hydrogens (tertiary/aromatic N) is 3. The van der Waals surface area contributed by atoms with E-state index in [0.717, 1.165) is 39.5 Å². The molecule has 0 unspecified atom stereocenters. The van der Waals surface area contributed by atoms with E-state index in [0.29, 0.717) is 5.16 Å². The fourth-order valence-electron chi connectivity index (χ4n) is 3.45. The van der Waals surface area contributed by atoms with Crippen LogP contribution in [0.5, 0.6) is 0 Å². The van der Waals surface area contributed by atoms with Crippen molar-refractivity contribution in [3.63, 3.8) is 0 Å². The quantitative estimate of drug-likeness (QED) is 0.378. The summed E-state index contributed by atoms with van der Waals surface area (Å²) in [5, 5.41) is 12.6. The summed E-state index contributed by atoms with van der Waals surface area (Å²) in [5.74, 6) is 0.930. The molecule has 6 heteroatoms. The molecule has 1 amide bonds. The highest BCUT2D eigenvalue weighted by atomic mass is 32.2. The maximum Gasteiger partial charge on any atom is 0.234 e. The van der Waals surface area contributed by atoms with Gasteiger partial charge in [0.15, 0.2) is 11.0 Å². The van der Waals surface area contributed by atoms with Gasteiger partial charge in [-0.1, -0.05) is 65.4 Å². The predicted octanol–water partition coefficient (Wildman–Crippen LogP) is 5.90. The lowest BCUT2D eigenvalue weighted by molar-refractivity contribution is -0.113. The number of benzene rings is 3. The van der Waals surface area contributed by atoms with Crippen LogP contribution in [-0.2, 0) is 4.79 Å². The predicted molar refractivity (Wildman–Crippen MR) is 132 cm³/mol. The third-order valence-corrected chi connectivity index (χ3v) is 6.13. The molecule has 0 bridgehead atoms. The number of aryl methyl sites for hydroxylation is 4. The number of nitrogens with one attached hydrogen (secondary N) is 1. The van der Waals surface area contributed by atoms with Crippen LogP contribution < -0.4 is 5.32 Å². The Labute approximate surface area is 192 Å². The molecule has 0 aliphatic carbocycles. The molecular formula is C26H26N4OS. The van der Waals surface area contributed by atoms with Crippen LogP contribution in [0.15, 0.2) is 71.9 Å². The minimum atomic E-state index is -0.0701. The molecule has 0 radical (unpaired) electrons. The first-order chi connectivity index (χ1) is 15.4. The molecule has 4 rings (SSSR count). The Bertz CT molecular complexity index is 1260.